The number of esters is 1. The number of aliphatic hydroxyl groups excluding tert-OH is 2. The molecule has 0 bridgehead atoms. The second kappa shape index (κ2) is 6.37. The van der Waals surface area contributed by atoms with Crippen LogP contribution in [0.25, 0.3) is 0 Å². The maximum absolute atomic E-state index is 11.2. The lowest BCUT2D eigenvalue weighted by molar-refractivity contribution is -0.147. The first kappa shape index (κ1) is 14.5. The average Bonchev–Trinajstić information content (AvgIpc) is 2.32. The minimum Gasteiger partial charge on any atom is -0.466 e. The van der Waals surface area contributed by atoms with Crippen LogP contribution in [0.15, 0.2) is 18.2 Å². The molecule has 0 aliphatic carbocycles. The molecule has 1 aromatic rings. The van der Waals surface area contributed by atoms with Gasteiger partial charge in [0.2, 0.25) is 0 Å². The topological polar surface area (TPSA) is 92.8 Å². The molecule has 0 amide bonds. The standard InChI is InChI=1S/C13H19NO4/c1-3-18-11(16)7-10(15)13(17)9-6-4-5-8(2)12(9)14/h4-6,10,13,15,17H,3,7,14H2,1-2H3. The summed E-state index contributed by atoms with van der Waals surface area (Å²) >= 11 is 0. The van der Waals surface area contributed by atoms with E-state index in [1.165, 1.54) is 0 Å². The van der Waals surface area contributed by atoms with Crippen LogP contribution in [-0.4, -0.2) is 28.9 Å². The van der Waals surface area contributed by atoms with Crippen LogP contribution in [0.2, 0.25) is 0 Å². The van der Waals surface area contributed by atoms with Crippen LogP contribution in [0.5, 0.6) is 0 Å². The molecule has 4 N–H and O–H groups in total. The second-order valence-electron chi connectivity index (χ2n) is 4.10. The average molecular weight is 253 g/mol. The van der Waals surface area contributed by atoms with Gasteiger partial charge in [0.05, 0.1) is 19.1 Å². The van der Waals surface area contributed by atoms with Gasteiger partial charge >= 0.3 is 5.97 Å². The van der Waals surface area contributed by atoms with E-state index >= 15 is 0 Å². The SMILES string of the molecule is CCOC(=O)CC(O)C(O)c1cccc(C)c1N. The number of para-hydroxylation sites is 1. The van der Waals surface area contributed by atoms with Crippen molar-refractivity contribution in [2.24, 2.45) is 0 Å². The van der Waals surface area contributed by atoms with Crippen LogP contribution in [0, 0.1) is 6.92 Å². The molecule has 0 spiro atoms. The Morgan fingerprint density at radius 3 is 2.72 bits per heavy atom. The van der Waals surface area contributed by atoms with Crippen LogP contribution in [0.1, 0.15) is 30.6 Å². The molecule has 0 aromatic heterocycles. The van der Waals surface area contributed by atoms with Crippen molar-refractivity contribution in [3.05, 3.63) is 29.3 Å². The highest BCUT2D eigenvalue weighted by Crippen LogP contribution is 2.26. The maximum Gasteiger partial charge on any atom is 0.308 e. The highest BCUT2D eigenvalue weighted by atomic mass is 16.5. The van der Waals surface area contributed by atoms with Gasteiger partial charge in [-0.05, 0) is 19.4 Å². The van der Waals surface area contributed by atoms with Crippen molar-refractivity contribution in [2.75, 3.05) is 12.3 Å². The Kier molecular flexibility index (Phi) is 5.12. The number of aryl methyl sites for hydroxylation is 1. The number of hydrogen-bond donors (Lipinski definition) is 3. The highest BCUT2D eigenvalue weighted by molar-refractivity contribution is 5.70. The number of benzene rings is 1. The number of anilines is 1. The molecule has 2 atom stereocenters. The summed E-state index contributed by atoms with van der Waals surface area (Å²) < 4.78 is 4.71. The highest BCUT2D eigenvalue weighted by Gasteiger charge is 2.23. The maximum atomic E-state index is 11.2. The van der Waals surface area contributed by atoms with Gasteiger partial charge in [0, 0.05) is 11.3 Å². The molecule has 0 saturated heterocycles. The van der Waals surface area contributed by atoms with Crippen LogP contribution in [0.4, 0.5) is 5.69 Å². The van der Waals surface area contributed by atoms with E-state index in [2.05, 4.69) is 0 Å². The van der Waals surface area contributed by atoms with Crippen LogP contribution in [0.3, 0.4) is 0 Å². The molecule has 0 aliphatic heterocycles. The Balaban J connectivity index is 2.77. The number of ether oxygens (including phenoxy) is 1. The molecule has 0 saturated carbocycles. The van der Waals surface area contributed by atoms with Crippen molar-refractivity contribution in [1.82, 2.24) is 0 Å². The first-order valence-electron chi connectivity index (χ1n) is 5.84. The zero-order valence-corrected chi connectivity index (χ0v) is 10.6. The first-order valence-corrected chi connectivity index (χ1v) is 5.84. The zero-order chi connectivity index (χ0) is 13.7. The van der Waals surface area contributed by atoms with Crippen molar-refractivity contribution in [3.63, 3.8) is 0 Å². The lowest BCUT2D eigenvalue weighted by atomic mass is 9.98. The molecular weight excluding hydrogens is 234 g/mol. The molecule has 0 heterocycles. The van der Waals surface area contributed by atoms with Gasteiger partial charge in [-0.1, -0.05) is 18.2 Å². The smallest absolute Gasteiger partial charge is 0.308 e. The number of carbonyl (C=O) groups excluding carboxylic acids is 1. The van der Waals surface area contributed by atoms with Crippen molar-refractivity contribution < 1.29 is 19.7 Å². The minimum atomic E-state index is -1.23. The monoisotopic (exact) mass is 253 g/mol. The summed E-state index contributed by atoms with van der Waals surface area (Å²) in [6.07, 6.45) is -2.69. The third kappa shape index (κ3) is 3.45. The summed E-state index contributed by atoms with van der Waals surface area (Å²) in [4.78, 5) is 11.2. The second-order valence-corrected chi connectivity index (χ2v) is 4.10. The molecule has 1 aromatic carbocycles. The number of nitrogen functional groups attached to an aromatic ring is 1. The van der Waals surface area contributed by atoms with Gasteiger partial charge in [-0.15, -0.1) is 0 Å². The number of hydrogen-bond acceptors (Lipinski definition) is 5. The Hall–Kier alpha value is -1.59. The van der Waals surface area contributed by atoms with Gasteiger partial charge in [0.25, 0.3) is 0 Å². The predicted molar refractivity (Wildman–Crippen MR) is 67.8 cm³/mol. The van der Waals surface area contributed by atoms with E-state index in [1.807, 2.05) is 13.0 Å². The quantitative estimate of drug-likeness (QED) is 0.536. The Labute approximate surface area is 106 Å². The molecular formula is C13H19NO4. The van der Waals surface area contributed by atoms with E-state index in [1.54, 1.807) is 19.1 Å². The fourth-order valence-corrected chi connectivity index (χ4v) is 1.67. The molecule has 18 heavy (non-hydrogen) atoms. The molecule has 2 unspecified atom stereocenters. The molecule has 0 radical (unpaired) electrons. The molecule has 5 nitrogen and oxygen atoms in total. The van der Waals surface area contributed by atoms with Crippen LogP contribution >= 0.6 is 0 Å². The normalized spacial score (nSPS) is 14.0. The van der Waals surface area contributed by atoms with E-state index in [0.29, 0.717) is 11.3 Å². The van der Waals surface area contributed by atoms with Gasteiger partial charge in [-0.3, -0.25) is 4.79 Å². The van der Waals surface area contributed by atoms with Crippen molar-refractivity contribution >= 4 is 11.7 Å². The van der Waals surface area contributed by atoms with Crippen LogP contribution < -0.4 is 5.73 Å². The summed E-state index contributed by atoms with van der Waals surface area (Å²) in [5.41, 5.74) is 7.49. The Bertz CT molecular complexity index is 419. The van der Waals surface area contributed by atoms with Gasteiger partial charge in [0.1, 0.15) is 6.10 Å². The van der Waals surface area contributed by atoms with E-state index in [-0.39, 0.29) is 13.0 Å². The van der Waals surface area contributed by atoms with Crippen molar-refractivity contribution in [2.45, 2.75) is 32.5 Å². The molecule has 0 fully saturated rings. The van der Waals surface area contributed by atoms with E-state index in [9.17, 15) is 15.0 Å². The van der Waals surface area contributed by atoms with Gasteiger partial charge in [-0.2, -0.15) is 0 Å². The predicted octanol–water partition coefficient (Wildman–Crippen LogP) is 0.925. The minimum absolute atomic E-state index is 0.244. The summed E-state index contributed by atoms with van der Waals surface area (Å²) in [7, 11) is 0. The third-order valence-corrected chi connectivity index (χ3v) is 2.72. The van der Waals surface area contributed by atoms with Gasteiger partial charge < -0.3 is 20.7 Å². The Morgan fingerprint density at radius 2 is 2.11 bits per heavy atom. The van der Waals surface area contributed by atoms with E-state index in [4.69, 9.17) is 10.5 Å². The van der Waals surface area contributed by atoms with Crippen molar-refractivity contribution in [3.8, 4) is 0 Å². The van der Waals surface area contributed by atoms with E-state index in [0.717, 1.165) is 5.56 Å². The summed E-state index contributed by atoms with van der Waals surface area (Å²) in [6, 6.07) is 5.17. The fourth-order valence-electron chi connectivity index (χ4n) is 1.67. The Morgan fingerprint density at radius 1 is 1.44 bits per heavy atom. The summed E-state index contributed by atoms with van der Waals surface area (Å²) in [5, 5.41) is 19.8. The number of rotatable bonds is 5. The molecule has 5 heteroatoms. The molecule has 1 rings (SSSR count). The van der Waals surface area contributed by atoms with Crippen molar-refractivity contribution in [1.29, 1.82) is 0 Å². The fraction of sp³-hybridized carbons (Fsp3) is 0.462. The summed E-state index contributed by atoms with van der Waals surface area (Å²) in [6.45, 7) is 3.73. The lowest BCUT2D eigenvalue weighted by Gasteiger charge is -2.19. The summed E-state index contributed by atoms with van der Waals surface area (Å²) in [5.74, 6) is -0.546. The first-order chi connectivity index (χ1) is 8.47. The largest absolute Gasteiger partial charge is 0.466 e. The number of nitrogens with two attached hydrogens (primary N) is 1. The molecule has 100 valence electrons. The van der Waals surface area contributed by atoms with Crippen LogP contribution in [-0.2, 0) is 9.53 Å². The van der Waals surface area contributed by atoms with E-state index < -0.39 is 18.2 Å². The number of carbonyl (C=O) groups is 1. The number of aliphatic hydroxyl groups is 2. The third-order valence-electron chi connectivity index (χ3n) is 2.72. The lowest BCUT2D eigenvalue weighted by Crippen LogP contribution is -2.24. The van der Waals surface area contributed by atoms with Gasteiger partial charge in [0.15, 0.2) is 0 Å². The van der Waals surface area contributed by atoms with Gasteiger partial charge in [-0.25, -0.2) is 0 Å². The molecule has 0 aliphatic rings. The zero-order valence-electron chi connectivity index (χ0n) is 10.6.